The highest BCUT2D eigenvalue weighted by atomic mass is 16.3. The molecule has 0 unspecified atom stereocenters. The summed E-state index contributed by atoms with van der Waals surface area (Å²) in [5.41, 5.74) is 14.3. The molecule has 0 bridgehead atoms. The summed E-state index contributed by atoms with van der Waals surface area (Å²) >= 11 is 0. The molecule has 11 aromatic rings. The van der Waals surface area contributed by atoms with E-state index in [0.29, 0.717) is 0 Å². The largest absolute Gasteiger partial charge is 0.456 e. The van der Waals surface area contributed by atoms with E-state index in [1.807, 2.05) is 6.07 Å². The van der Waals surface area contributed by atoms with Crippen molar-refractivity contribution < 1.29 is 4.42 Å². The molecule has 10 aromatic carbocycles. The van der Waals surface area contributed by atoms with Crippen molar-refractivity contribution in [1.29, 1.82) is 0 Å². The van der Waals surface area contributed by atoms with Crippen molar-refractivity contribution in [1.82, 2.24) is 0 Å². The van der Waals surface area contributed by atoms with E-state index in [9.17, 15) is 0 Å². The van der Waals surface area contributed by atoms with E-state index >= 15 is 0 Å². The van der Waals surface area contributed by atoms with E-state index in [1.165, 1.54) is 49.4 Å². The lowest BCUT2D eigenvalue weighted by atomic mass is 9.91. The van der Waals surface area contributed by atoms with Crippen molar-refractivity contribution in [2.75, 3.05) is 4.90 Å². The zero-order valence-corrected chi connectivity index (χ0v) is 31.7. The van der Waals surface area contributed by atoms with Crippen molar-refractivity contribution in [3.8, 4) is 44.5 Å². The predicted octanol–water partition coefficient (Wildman–Crippen LogP) is 16.0. The summed E-state index contributed by atoms with van der Waals surface area (Å²) in [5, 5.41) is 7.13. The Morgan fingerprint density at radius 2 is 0.845 bits per heavy atom. The third kappa shape index (κ3) is 5.74. The van der Waals surface area contributed by atoms with Crippen LogP contribution in [0, 0.1) is 0 Å². The van der Waals surface area contributed by atoms with E-state index in [2.05, 4.69) is 223 Å². The van der Waals surface area contributed by atoms with Crippen LogP contribution in [0.25, 0.3) is 88.0 Å². The van der Waals surface area contributed by atoms with Gasteiger partial charge in [-0.05, 0) is 97.4 Å². The minimum atomic E-state index is 0.861. The molecule has 1 aromatic heterocycles. The summed E-state index contributed by atoms with van der Waals surface area (Å²) in [6.45, 7) is 0. The Morgan fingerprint density at radius 3 is 1.57 bits per heavy atom. The number of hydrogen-bond donors (Lipinski definition) is 0. The summed E-state index contributed by atoms with van der Waals surface area (Å²) < 4.78 is 6.58. The standard InChI is InChI=1S/C56H37NO/c1-3-15-38(16-4-1)40-27-29-42(30-28-40)55-52(35-36-54-56(55)49-24-12-14-26-53(49)58-54)57(44-33-31-41(32-34-44)39-17-5-2-6-18-39)51-25-13-11-23-48(51)50-37-43-19-7-8-20-45(43)46-21-9-10-22-47(46)50/h1-37H. The van der Waals surface area contributed by atoms with Gasteiger partial charge < -0.3 is 9.32 Å². The van der Waals surface area contributed by atoms with Gasteiger partial charge in [0.05, 0.1) is 11.4 Å². The number of rotatable bonds is 7. The molecule has 0 fully saturated rings. The first-order valence-corrected chi connectivity index (χ1v) is 19.8. The van der Waals surface area contributed by atoms with Crippen LogP contribution in [0.4, 0.5) is 17.1 Å². The summed E-state index contributed by atoms with van der Waals surface area (Å²) in [7, 11) is 0. The lowest BCUT2D eigenvalue weighted by molar-refractivity contribution is 0.669. The van der Waals surface area contributed by atoms with Crippen LogP contribution in [0.5, 0.6) is 0 Å². The second-order valence-corrected chi connectivity index (χ2v) is 14.8. The maximum absolute atomic E-state index is 6.58. The molecule has 2 nitrogen and oxygen atoms in total. The Hall–Kier alpha value is -7.68. The Kier molecular flexibility index (Phi) is 8.19. The fraction of sp³-hybridized carbons (Fsp3) is 0. The van der Waals surface area contributed by atoms with Gasteiger partial charge >= 0.3 is 0 Å². The van der Waals surface area contributed by atoms with Crippen molar-refractivity contribution in [2.45, 2.75) is 0 Å². The van der Waals surface area contributed by atoms with Gasteiger partial charge in [0.1, 0.15) is 11.2 Å². The van der Waals surface area contributed by atoms with E-state index in [0.717, 1.165) is 55.7 Å². The van der Waals surface area contributed by atoms with Gasteiger partial charge in [0.2, 0.25) is 0 Å². The Bertz CT molecular complexity index is 3250. The second-order valence-electron chi connectivity index (χ2n) is 14.8. The van der Waals surface area contributed by atoms with E-state index < -0.39 is 0 Å². The molecule has 0 atom stereocenters. The Balaban J connectivity index is 1.20. The topological polar surface area (TPSA) is 16.4 Å². The highest BCUT2D eigenvalue weighted by molar-refractivity contribution is 6.18. The summed E-state index contributed by atoms with van der Waals surface area (Å²) in [5.74, 6) is 0. The smallest absolute Gasteiger partial charge is 0.136 e. The van der Waals surface area contributed by atoms with Crippen molar-refractivity contribution >= 4 is 60.5 Å². The molecule has 0 aliphatic carbocycles. The number of anilines is 3. The molecule has 0 radical (unpaired) electrons. The summed E-state index contributed by atoms with van der Waals surface area (Å²) in [6, 6.07) is 80.7. The molecular formula is C56H37NO. The van der Waals surface area contributed by atoms with Gasteiger partial charge in [-0.1, -0.05) is 182 Å². The van der Waals surface area contributed by atoms with Crippen molar-refractivity contribution in [2.24, 2.45) is 0 Å². The molecular weight excluding hydrogens is 703 g/mol. The maximum Gasteiger partial charge on any atom is 0.136 e. The number of hydrogen-bond acceptors (Lipinski definition) is 2. The van der Waals surface area contributed by atoms with Crippen LogP contribution in [0.2, 0.25) is 0 Å². The van der Waals surface area contributed by atoms with Crippen LogP contribution in [-0.4, -0.2) is 0 Å². The van der Waals surface area contributed by atoms with Gasteiger partial charge in [0, 0.05) is 27.6 Å². The first-order valence-electron chi connectivity index (χ1n) is 19.8. The lowest BCUT2D eigenvalue weighted by Gasteiger charge is -2.30. The fourth-order valence-corrected chi connectivity index (χ4v) is 8.76. The summed E-state index contributed by atoms with van der Waals surface area (Å²) in [6.07, 6.45) is 0. The molecule has 0 amide bonds. The first kappa shape index (κ1) is 33.6. The first-order chi connectivity index (χ1) is 28.8. The molecule has 0 saturated carbocycles. The fourth-order valence-electron chi connectivity index (χ4n) is 8.76. The molecule has 0 aliphatic rings. The molecule has 1 heterocycles. The third-order valence-electron chi connectivity index (χ3n) is 11.5. The number of benzene rings is 10. The highest BCUT2D eigenvalue weighted by Crippen LogP contribution is 2.50. The number of fused-ring (bicyclic) bond motifs is 6. The monoisotopic (exact) mass is 739 g/mol. The van der Waals surface area contributed by atoms with Gasteiger partial charge in [-0.15, -0.1) is 0 Å². The molecule has 0 spiro atoms. The van der Waals surface area contributed by atoms with E-state index in [1.54, 1.807) is 0 Å². The minimum Gasteiger partial charge on any atom is -0.456 e. The number of para-hydroxylation sites is 2. The molecule has 2 heteroatoms. The van der Waals surface area contributed by atoms with Crippen LogP contribution in [0.3, 0.4) is 0 Å². The zero-order valence-electron chi connectivity index (χ0n) is 31.7. The minimum absolute atomic E-state index is 0.861. The average molecular weight is 740 g/mol. The molecule has 11 rings (SSSR count). The molecule has 58 heavy (non-hydrogen) atoms. The van der Waals surface area contributed by atoms with Gasteiger partial charge in [-0.25, -0.2) is 0 Å². The quantitative estimate of drug-likeness (QED) is 0.151. The second kappa shape index (κ2) is 14.1. The van der Waals surface area contributed by atoms with Gasteiger partial charge in [-0.3, -0.25) is 0 Å². The van der Waals surface area contributed by atoms with Gasteiger partial charge in [0.25, 0.3) is 0 Å². The van der Waals surface area contributed by atoms with Gasteiger partial charge in [-0.2, -0.15) is 0 Å². The normalized spacial score (nSPS) is 11.4. The summed E-state index contributed by atoms with van der Waals surface area (Å²) in [4.78, 5) is 2.45. The Morgan fingerprint density at radius 1 is 0.310 bits per heavy atom. The predicted molar refractivity (Wildman–Crippen MR) is 245 cm³/mol. The van der Waals surface area contributed by atoms with Crippen LogP contribution in [-0.2, 0) is 0 Å². The SMILES string of the molecule is c1ccc(-c2ccc(-c3c(N(c4ccc(-c5ccccc5)cc4)c4ccccc4-c4cc5ccccc5c5ccccc45)ccc4oc5ccccc5c34)cc2)cc1. The lowest BCUT2D eigenvalue weighted by Crippen LogP contribution is -2.12. The van der Waals surface area contributed by atoms with Crippen molar-refractivity contribution in [3.05, 3.63) is 224 Å². The number of furan rings is 1. The van der Waals surface area contributed by atoms with E-state index in [4.69, 9.17) is 4.42 Å². The third-order valence-corrected chi connectivity index (χ3v) is 11.5. The zero-order chi connectivity index (χ0) is 38.4. The Labute approximate surface area is 337 Å². The van der Waals surface area contributed by atoms with Gasteiger partial charge in [0.15, 0.2) is 0 Å². The van der Waals surface area contributed by atoms with Crippen LogP contribution in [0.1, 0.15) is 0 Å². The molecule has 0 saturated heterocycles. The molecule has 272 valence electrons. The highest BCUT2D eigenvalue weighted by Gasteiger charge is 2.25. The van der Waals surface area contributed by atoms with Crippen molar-refractivity contribution in [3.63, 3.8) is 0 Å². The average Bonchev–Trinajstić information content (AvgIpc) is 3.69. The van der Waals surface area contributed by atoms with Crippen LogP contribution in [0.15, 0.2) is 229 Å². The molecule has 0 aliphatic heterocycles. The van der Waals surface area contributed by atoms with Crippen LogP contribution >= 0.6 is 0 Å². The molecule has 0 N–H and O–H groups in total. The maximum atomic E-state index is 6.58. The van der Waals surface area contributed by atoms with E-state index in [-0.39, 0.29) is 0 Å². The number of nitrogens with zero attached hydrogens (tertiary/aromatic N) is 1. The van der Waals surface area contributed by atoms with Crippen LogP contribution < -0.4 is 4.90 Å².